The number of nitrogens with one attached hydrogen (secondary N) is 2. The molecule has 0 bridgehead atoms. The van der Waals surface area contributed by atoms with Crippen LogP contribution in [-0.2, 0) is 11.2 Å². The van der Waals surface area contributed by atoms with E-state index in [1.54, 1.807) is 25.3 Å². The smallest absolute Gasteiger partial charge is 0.257 e. The van der Waals surface area contributed by atoms with E-state index in [9.17, 15) is 9.59 Å². The van der Waals surface area contributed by atoms with E-state index < -0.39 is 0 Å². The van der Waals surface area contributed by atoms with Crippen LogP contribution in [0.15, 0.2) is 66.7 Å². The first-order valence-electron chi connectivity index (χ1n) is 12.4. The molecule has 0 saturated carbocycles. The molecule has 1 aliphatic rings. The van der Waals surface area contributed by atoms with Gasteiger partial charge in [0.2, 0.25) is 0 Å². The van der Waals surface area contributed by atoms with Gasteiger partial charge < -0.3 is 20.3 Å². The number of hydrogen-bond donors (Lipinski definition) is 2. The average molecular weight is 540 g/mol. The van der Waals surface area contributed by atoms with Crippen molar-refractivity contribution in [3.8, 4) is 0 Å². The molecule has 0 atom stereocenters. The van der Waals surface area contributed by atoms with Gasteiger partial charge in [0.15, 0.2) is 0 Å². The summed E-state index contributed by atoms with van der Waals surface area (Å²) in [4.78, 5) is 28.2. The van der Waals surface area contributed by atoms with Gasteiger partial charge in [0.1, 0.15) is 0 Å². The van der Waals surface area contributed by atoms with Crippen LogP contribution < -0.4 is 15.5 Å². The van der Waals surface area contributed by atoms with Gasteiger partial charge in [-0.05, 0) is 67.1 Å². The van der Waals surface area contributed by atoms with Crippen LogP contribution in [-0.4, -0.2) is 45.2 Å². The van der Waals surface area contributed by atoms with E-state index >= 15 is 0 Å². The predicted octanol–water partition coefficient (Wildman–Crippen LogP) is 6.08. The first-order chi connectivity index (χ1) is 17.9. The summed E-state index contributed by atoms with van der Waals surface area (Å²) in [6.45, 7) is 2.53. The van der Waals surface area contributed by atoms with Crippen molar-refractivity contribution in [2.24, 2.45) is 5.92 Å². The maximum Gasteiger partial charge on any atom is 0.257 e. The number of rotatable bonds is 9. The summed E-state index contributed by atoms with van der Waals surface area (Å²) in [6, 6.07) is 20.7. The van der Waals surface area contributed by atoms with Gasteiger partial charge in [0, 0.05) is 43.1 Å². The molecule has 2 N–H and O–H groups in total. The van der Waals surface area contributed by atoms with Gasteiger partial charge in [-0.2, -0.15) is 0 Å². The molecular weight excluding hydrogens is 509 g/mol. The molecule has 1 fully saturated rings. The van der Waals surface area contributed by atoms with Crippen molar-refractivity contribution < 1.29 is 14.3 Å². The SMILES string of the molecule is COCCNC(=O)c1cc(NC(=O)c2ccc(Cl)cc2Cl)ccc1N1CCC(Cc2ccccc2)CC1. The van der Waals surface area contributed by atoms with E-state index in [1.807, 2.05) is 18.2 Å². The van der Waals surface area contributed by atoms with Crippen molar-refractivity contribution >= 4 is 46.4 Å². The first kappa shape index (κ1) is 27.0. The minimum Gasteiger partial charge on any atom is -0.383 e. The number of carbonyl (C=O) groups excluding carboxylic acids is 2. The number of methoxy groups -OCH3 is 1. The van der Waals surface area contributed by atoms with E-state index in [0.717, 1.165) is 38.0 Å². The van der Waals surface area contributed by atoms with Crippen LogP contribution in [0.25, 0.3) is 0 Å². The fourth-order valence-corrected chi connectivity index (χ4v) is 5.13. The standard InChI is InChI=1S/C29H31Cl2N3O3/c1-37-16-13-32-28(35)25-19-23(33-29(36)24-9-7-22(30)18-26(24)31)8-10-27(25)34-14-11-21(12-15-34)17-20-5-3-2-4-6-20/h2-10,18-19,21H,11-17H2,1H3,(H,32,35)(H,33,36). The average Bonchev–Trinajstić information content (AvgIpc) is 2.90. The van der Waals surface area contributed by atoms with Crippen LogP contribution >= 0.6 is 23.2 Å². The lowest BCUT2D eigenvalue weighted by Crippen LogP contribution is -2.36. The number of ether oxygens (including phenoxy) is 1. The Morgan fingerprint density at radius 3 is 2.41 bits per heavy atom. The zero-order chi connectivity index (χ0) is 26.2. The molecular formula is C29H31Cl2N3O3. The summed E-state index contributed by atoms with van der Waals surface area (Å²) < 4.78 is 5.08. The zero-order valence-electron chi connectivity index (χ0n) is 20.8. The predicted molar refractivity (Wildman–Crippen MR) is 150 cm³/mol. The van der Waals surface area contributed by atoms with Gasteiger partial charge >= 0.3 is 0 Å². The maximum absolute atomic E-state index is 13.1. The Morgan fingerprint density at radius 2 is 1.70 bits per heavy atom. The number of hydrogen-bond acceptors (Lipinski definition) is 4. The Kier molecular flexibility index (Phi) is 9.45. The third-order valence-electron chi connectivity index (χ3n) is 6.59. The Hall–Kier alpha value is -3.06. The topological polar surface area (TPSA) is 70.7 Å². The molecule has 0 aromatic heterocycles. The van der Waals surface area contributed by atoms with Crippen molar-refractivity contribution in [3.63, 3.8) is 0 Å². The van der Waals surface area contributed by atoms with Gasteiger partial charge in [-0.1, -0.05) is 53.5 Å². The summed E-state index contributed by atoms with van der Waals surface area (Å²) in [5.41, 5.74) is 3.55. The molecule has 0 unspecified atom stereocenters. The molecule has 0 aliphatic carbocycles. The van der Waals surface area contributed by atoms with E-state index in [0.29, 0.717) is 40.9 Å². The molecule has 4 rings (SSSR count). The van der Waals surface area contributed by atoms with Gasteiger partial charge in [-0.15, -0.1) is 0 Å². The number of amides is 2. The van der Waals surface area contributed by atoms with E-state index in [-0.39, 0.29) is 16.8 Å². The molecule has 194 valence electrons. The number of benzene rings is 3. The van der Waals surface area contributed by atoms with E-state index in [2.05, 4.69) is 39.8 Å². The molecule has 1 aliphatic heterocycles. The zero-order valence-corrected chi connectivity index (χ0v) is 22.3. The number of piperidine rings is 1. The summed E-state index contributed by atoms with van der Waals surface area (Å²) in [5, 5.41) is 6.48. The molecule has 6 nitrogen and oxygen atoms in total. The molecule has 3 aromatic carbocycles. The van der Waals surface area contributed by atoms with Crippen molar-refractivity contribution in [2.75, 3.05) is 43.6 Å². The molecule has 1 saturated heterocycles. The fourth-order valence-electron chi connectivity index (χ4n) is 4.63. The number of halogens is 2. The molecule has 37 heavy (non-hydrogen) atoms. The summed E-state index contributed by atoms with van der Waals surface area (Å²) >= 11 is 12.2. The highest BCUT2D eigenvalue weighted by Gasteiger charge is 2.24. The molecule has 3 aromatic rings. The molecule has 0 spiro atoms. The summed E-state index contributed by atoms with van der Waals surface area (Å²) in [6.07, 6.45) is 3.16. The van der Waals surface area contributed by atoms with Crippen molar-refractivity contribution in [1.29, 1.82) is 0 Å². The van der Waals surface area contributed by atoms with Crippen LogP contribution in [0.3, 0.4) is 0 Å². The monoisotopic (exact) mass is 539 g/mol. The molecule has 0 radical (unpaired) electrons. The lowest BCUT2D eigenvalue weighted by Gasteiger charge is -2.35. The Bertz CT molecular complexity index is 1230. The van der Waals surface area contributed by atoms with Crippen molar-refractivity contribution in [3.05, 3.63) is 93.5 Å². The van der Waals surface area contributed by atoms with Crippen LogP contribution in [0.1, 0.15) is 39.1 Å². The van der Waals surface area contributed by atoms with Crippen molar-refractivity contribution in [2.45, 2.75) is 19.3 Å². The fraction of sp³-hybridized carbons (Fsp3) is 0.310. The van der Waals surface area contributed by atoms with Crippen LogP contribution in [0.5, 0.6) is 0 Å². The lowest BCUT2D eigenvalue weighted by molar-refractivity contribution is 0.0936. The number of carbonyl (C=O) groups is 2. The molecule has 8 heteroatoms. The highest BCUT2D eigenvalue weighted by atomic mass is 35.5. The second-order valence-corrected chi connectivity index (χ2v) is 10.0. The van der Waals surface area contributed by atoms with Crippen LogP contribution in [0.4, 0.5) is 11.4 Å². The maximum atomic E-state index is 13.1. The minimum absolute atomic E-state index is 0.209. The normalized spacial score (nSPS) is 13.9. The third-order valence-corrected chi connectivity index (χ3v) is 7.14. The Labute approximate surface area is 227 Å². The molecule has 1 heterocycles. The number of nitrogens with zero attached hydrogens (tertiary/aromatic N) is 1. The summed E-state index contributed by atoms with van der Waals surface area (Å²) in [7, 11) is 1.59. The van der Waals surface area contributed by atoms with Gasteiger partial charge in [0.25, 0.3) is 11.8 Å². The van der Waals surface area contributed by atoms with Gasteiger partial charge in [-0.3, -0.25) is 9.59 Å². The second kappa shape index (κ2) is 13.0. The molecule has 2 amide bonds. The van der Waals surface area contributed by atoms with Crippen LogP contribution in [0.2, 0.25) is 10.0 Å². The third kappa shape index (κ3) is 7.25. The highest BCUT2D eigenvalue weighted by Crippen LogP contribution is 2.31. The van der Waals surface area contributed by atoms with Crippen molar-refractivity contribution in [1.82, 2.24) is 5.32 Å². The number of anilines is 2. The second-order valence-electron chi connectivity index (χ2n) is 9.18. The Balaban J connectivity index is 1.50. The van der Waals surface area contributed by atoms with E-state index in [4.69, 9.17) is 27.9 Å². The minimum atomic E-state index is -0.373. The van der Waals surface area contributed by atoms with E-state index in [1.165, 1.54) is 11.6 Å². The quantitative estimate of drug-likeness (QED) is 0.323. The Morgan fingerprint density at radius 1 is 0.946 bits per heavy atom. The largest absolute Gasteiger partial charge is 0.383 e. The highest BCUT2D eigenvalue weighted by molar-refractivity contribution is 6.37. The lowest BCUT2D eigenvalue weighted by atomic mass is 9.89. The van der Waals surface area contributed by atoms with Gasteiger partial charge in [-0.25, -0.2) is 0 Å². The summed E-state index contributed by atoms with van der Waals surface area (Å²) in [5.74, 6) is 0.0290. The van der Waals surface area contributed by atoms with Gasteiger partial charge in [0.05, 0.1) is 22.8 Å². The first-order valence-corrected chi connectivity index (χ1v) is 13.2. The van der Waals surface area contributed by atoms with Crippen LogP contribution in [0, 0.1) is 5.92 Å².